The number of hydrogen-bond donors (Lipinski definition) is 1. The highest BCUT2D eigenvalue weighted by Crippen LogP contribution is 2.30. The molecule has 0 aliphatic carbocycles. The van der Waals surface area contributed by atoms with Crippen molar-refractivity contribution in [2.24, 2.45) is 0 Å². The Bertz CT molecular complexity index is 960. The second-order valence-electron chi connectivity index (χ2n) is 6.80. The van der Waals surface area contributed by atoms with Gasteiger partial charge in [0.15, 0.2) is 0 Å². The number of aromatic nitrogens is 3. The number of piperazine rings is 1. The number of carbonyl (C=O) groups is 1. The van der Waals surface area contributed by atoms with E-state index in [1.165, 1.54) is 0 Å². The van der Waals surface area contributed by atoms with Crippen LogP contribution in [-0.4, -0.2) is 52.7 Å². The molecule has 1 aliphatic rings. The Kier molecular flexibility index (Phi) is 5.81. The van der Waals surface area contributed by atoms with Crippen molar-refractivity contribution < 1.29 is 14.1 Å². The van der Waals surface area contributed by atoms with Gasteiger partial charge in [-0.3, -0.25) is 9.78 Å². The van der Waals surface area contributed by atoms with E-state index in [-0.39, 0.29) is 11.9 Å². The molecule has 0 saturated carbocycles. The third-order valence-corrected chi connectivity index (χ3v) is 5.02. The fourth-order valence-electron chi connectivity index (χ4n) is 3.55. The van der Waals surface area contributed by atoms with Crippen molar-refractivity contribution in [3.8, 4) is 17.1 Å². The predicted molar refractivity (Wildman–Crippen MR) is 106 cm³/mol. The minimum Gasteiger partial charge on any atom is -0.496 e. The number of benzene rings is 1. The van der Waals surface area contributed by atoms with Crippen LogP contribution in [-0.2, 0) is 11.2 Å². The zero-order chi connectivity index (χ0) is 20.1. The summed E-state index contributed by atoms with van der Waals surface area (Å²) >= 11 is 0. The number of amides is 1. The highest BCUT2D eigenvalue weighted by molar-refractivity contribution is 5.77. The average molecular weight is 393 g/mol. The van der Waals surface area contributed by atoms with Crippen molar-refractivity contribution in [1.82, 2.24) is 25.3 Å². The van der Waals surface area contributed by atoms with Crippen LogP contribution >= 0.6 is 0 Å². The maximum Gasteiger partial charge on any atom is 0.227 e. The number of para-hydroxylation sites is 1. The van der Waals surface area contributed by atoms with Gasteiger partial charge >= 0.3 is 0 Å². The van der Waals surface area contributed by atoms with Crippen LogP contribution in [0.3, 0.4) is 0 Å². The van der Waals surface area contributed by atoms with E-state index in [4.69, 9.17) is 9.26 Å². The number of pyridine rings is 1. The molecular weight excluding hydrogens is 370 g/mol. The number of rotatable bonds is 6. The third-order valence-electron chi connectivity index (χ3n) is 5.02. The molecule has 1 unspecified atom stereocenters. The van der Waals surface area contributed by atoms with Crippen LogP contribution in [0.4, 0.5) is 0 Å². The summed E-state index contributed by atoms with van der Waals surface area (Å²) in [6, 6.07) is 11.4. The fourth-order valence-corrected chi connectivity index (χ4v) is 3.55. The van der Waals surface area contributed by atoms with Crippen molar-refractivity contribution >= 4 is 5.91 Å². The minimum absolute atomic E-state index is 0.0612. The second-order valence-corrected chi connectivity index (χ2v) is 6.80. The van der Waals surface area contributed by atoms with Gasteiger partial charge in [0.05, 0.1) is 13.2 Å². The Balaban J connectivity index is 1.44. The molecule has 2 aromatic heterocycles. The van der Waals surface area contributed by atoms with Gasteiger partial charge < -0.3 is 19.5 Å². The lowest BCUT2D eigenvalue weighted by Gasteiger charge is -2.37. The van der Waals surface area contributed by atoms with E-state index in [0.717, 1.165) is 23.4 Å². The van der Waals surface area contributed by atoms with Crippen LogP contribution < -0.4 is 10.1 Å². The molecule has 0 spiro atoms. The Morgan fingerprint density at radius 2 is 2.10 bits per heavy atom. The molecule has 1 fully saturated rings. The molecule has 150 valence electrons. The van der Waals surface area contributed by atoms with Crippen molar-refractivity contribution in [2.45, 2.75) is 18.9 Å². The van der Waals surface area contributed by atoms with E-state index in [1.807, 2.05) is 41.3 Å². The lowest BCUT2D eigenvalue weighted by atomic mass is 10.0. The fraction of sp³-hybridized carbons (Fsp3) is 0.333. The zero-order valence-corrected chi connectivity index (χ0v) is 16.2. The van der Waals surface area contributed by atoms with Crippen molar-refractivity contribution in [3.63, 3.8) is 0 Å². The van der Waals surface area contributed by atoms with Crippen LogP contribution in [0.2, 0.25) is 0 Å². The molecule has 3 heterocycles. The summed E-state index contributed by atoms with van der Waals surface area (Å²) in [6.45, 7) is 2.11. The van der Waals surface area contributed by atoms with Crippen molar-refractivity contribution in [1.29, 1.82) is 0 Å². The van der Waals surface area contributed by atoms with E-state index >= 15 is 0 Å². The monoisotopic (exact) mass is 393 g/mol. The molecule has 0 radical (unpaired) electrons. The molecule has 0 bridgehead atoms. The van der Waals surface area contributed by atoms with Gasteiger partial charge in [-0.15, -0.1) is 0 Å². The first kappa shape index (κ1) is 19.1. The van der Waals surface area contributed by atoms with Crippen LogP contribution in [0.15, 0.2) is 53.3 Å². The Morgan fingerprint density at radius 3 is 2.93 bits per heavy atom. The molecule has 29 heavy (non-hydrogen) atoms. The molecule has 1 aliphatic heterocycles. The largest absolute Gasteiger partial charge is 0.496 e. The number of hydrogen-bond acceptors (Lipinski definition) is 7. The molecule has 3 aromatic rings. The summed E-state index contributed by atoms with van der Waals surface area (Å²) in [6.07, 6.45) is 4.07. The molecule has 4 rings (SSSR count). The van der Waals surface area contributed by atoms with Gasteiger partial charge in [0.2, 0.25) is 17.6 Å². The number of nitrogens with one attached hydrogen (secondary N) is 1. The quantitative estimate of drug-likeness (QED) is 0.686. The molecule has 1 saturated heterocycles. The second kappa shape index (κ2) is 8.83. The molecule has 1 aromatic carbocycles. The standard InChI is InChI=1S/C21H23N5O3/c1-28-18-5-3-2-4-16(18)17-14-23-12-13-26(17)20(27)7-6-19-24-21(25-29-19)15-8-10-22-11-9-15/h2-5,8-11,17,23H,6-7,12-14H2,1H3. The topological polar surface area (TPSA) is 93.4 Å². The van der Waals surface area contributed by atoms with Gasteiger partial charge in [-0.2, -0.15) is 4.98 Å². The third kappa shape index (κ3) is 4.27. The van der Waals surface area contributed by atoms with Gasteiger partial charge in [-0.1, -0.05) is 23.4 Å². The van der Waals surface area contributed by atoms with Crippen molar-refractivity contribution in [3.05, 3.63) is 60.2 Å². The van der Waals surface area contributed by atoms with Crippen LogP contribution in [0.5, 0.6) is 5.75 Å². The van der Waals surface area contributed by atoms with Gasteiger partial charge in [-0.05, 0) is 18.2 Å². The van der Waals surface area contributed by atoms with E-state index < -0.39 is 0 Å². The average Bonchev–Trinajstić information content (AvgIpc) is 3.27. The van der Waals surface area contributed by atoms with Crippen molar-refractivity contribution in [2.75, 3.05) is 26.7 Å². The maximum absolute atomic E-state index is 13.0. The summed E-state index contributed by atoms with van der Waals surface area (Å²) in [5, 5.41) is 7.37. The SMILES string of the molecule is COc1ccccc1C1CNCCN1C(=O)CCc1nc(-c2ccncc2)no1. The van der Waals surface area contributed by atoms with Gasteiger partial charge in [-0.25, -0.2) is 0 Å². The smallest absolute Gasteiger partial charge is 0.227 e. The number of ether oxygens (including phenoxy) is 1. The number of methoxy groups -OCH3 is 1. The molecule has 1 atom stereocenters. The zero-order valence-electron chi connectivity index (χ0n) is 16.2. The summed E-state index contributed by atoms with van der Waals surface area (Å²) in [5.74, 6) is 1.81. The highest BCUT2D eigenvalue weighted by Gasteiger charge is 2.29. The van der Waals surface area contributed by atoms with E-state index in [9.17, 15) is 4.79 Å². The Morgan fingerprint density at radius 1 is 1.28 bits per heavy atom. The summed E-state index contributed by atoms with van der Waals surface area (Å²) in [5.41, 5.74) is 1.84. The molecular formula is C21H23N5O3. The molecule has 8 nitrogen and oxygen atoms in total. The Hall–Kier alpha value is -3.26. The summed E-state index contributed by atoms with van der Waals surface area (Å²) in [7, 11) is 1.65. The van der Waals surface area contributed by atoms with E-state index in [0.29, 0.717) is 37.6 Å². The first-order valence-electron chi connectivity index (χ1n) is 9.62. The Labute approximate surface area is 168 Å². The lowest BCUT2D eigenvalue weighted by Crippen LogP contribution is -2.48. The normalized spacial score (nSPS) is 16.6. The van der Waals surface area contributed by atoms with E-state index in [2.05, 4.69) is 20.4 Å². The predicted octanol–water partition coefficient (Wildman–Crippen LogP) is 2.25. The van der Waals surface area contributed by atoms with Gasteiger partial charge in [0.1, 0.15) is 5.75 Å². The summed E-state index contributed by atoms with van der Waals surface area (Å²) in [4.78, 5) is 23.3. The summed E-state index contributed by atoms with van der Waals surface area (Å²) < 4.78 is 10.8. The molecule has 8 heteroatoms. The van der Waals surface area contributed by atoms with E-state index in [1.54, 1.807) is 19.5 Å². The molecule has 1 N–H and O–H groups in total. The number of carbonyl (C=O) groups excluding carboxylic acids is 1. The highest BCUT2D eigenvalue weighted by atomic mass is 16.5. The first-order valence-corrected chi connectivity index (χ1v) is 9.62. The molecule has 1 amide bonds. The lowest BCUT2D eigenvalue weighted by molar-refractivity contribution is -0.134. The van der Waals surface area contributed by atoms with Crippen LogP contribution in [0.1, 0.15) is 23.9 Å². The van der Waals surface area contributed by atoms with Gasteiger partial charge in [0.25, 0.3) is 0 Å². The van der Waals surface area contributed by atoms with Gasteiger partial charge in [0, 0.05) is 56.0 Å². The van der Waals surface area contributed by atoms with Crippen LogP contribution in [0, 0.1) is 0 Å². The number of nitrogens with zero attached hydrogens (tertiary/aromatic N) is 4. The first-order chi connectivity index (χ1) is 14.3. The maximum atomic E-state index is 13.0. The van der Waals surface area contributed by atoms with Crippen LogP contribution in [0.25, 0.3) is 11.4 Å². The minimum atomic E-state index is -0.0672. The number of aryl methyl sites for hydroxylation is 1.